The first kappa shape index (κ1) is 14.2. The van der Waals surface area contributed by atoms with Gasteiger partial charge in [-0.05, 0) is 37.3 Å². The molecular formula is C19H18O4. The van der Waals surface area contributed by atoms with Crippen LogP contribution in [0.4, 0.5) is 0 Å². The highest BCUT2D eigenvalue weighted by Crippen LogP contribution is 2.49. The molecule has 1 heterocycles. The van der Waals surface area contributed by atoms with Crippen molar-refractivity contribution in [3.63, 3.8) is 0 Å². The molecule has 1 aliphatic heterocycles. The molecular weight excluding hydrogens is 292 g/mol. The van der Waals surface area contributed by atoms with Gasteiger partial charge in [0.2, 0.25) is 0 Å². The average molecular weight is 310 g/mol. The fourth-order valence-corrected chi connectivity index (χ4v) is 3.81. The highest BCUT2D eigenvalue weighted by Gasteiger charge is 2.44. The zero-order chi connectivity index (χ0) is 16.1. The third-order valence-electron chi connectivity index (χ3n) is 5.29. The molecule has 118 valence electrons. The van der Waals surface area contributed by atoms with E-state index in [0.29, 0.717) is 12.0 Å². The van der Waals surface area contributed by atoms with Gasteiger partial charge >= 0.3 is 5.97 Å². The van der Waals surface area contributed by atoms with Gasteiger partial charge in [-0.15, -0.1) is 0 Å². The number of rotatable bonds is 2. The van der Waals surface area contributed by atoms with Gasteiger partial charge in [0.1, 0.15) is 0 Å². The van der Waals surface area contributed by atoms with E-state index in [0.717, 1.165) is 17.6 Å². The summed E-state index contributed by atoms with van der Waals surface area (Å²) in [4.78, 5) is 23.9. The molecule has 0 spiro atoms. The maximum absolute atomic E-state index is 12.3. The van der Waals surface area contributed by atoms with Crippen LogP contribution in [-0.4, -0.2) is 18.0 Å². The quantitative estimate of drug-likeness (QED) is 0.479. The Bertz CT molecular complexity index is 771. The van der Waals surface area contributed by atoms with Gasteiger partial charge in [0.25, 0.3) is 6.29 Å². The topological polar surface area (TPSA) is 52.6 Å². The monoisotopic (exact) mass is 310 g/mol. The number of fused-ring (bicyclic) bond motifs is 3. The molecule has 23 heavy (non-hydrogen) atoms. The van der Waals surface area contributed by atoms with Crippen LogP contribution in [0.25, 0.3) is 0 Å². The molecule has 1 fully saturated rings. The number of ketones is 1. The van der Waals surface area contributed by atoms with E-state index in [1.54, 1.807) is 6.92 Å². The summed E-state index contributed by atoms with van der Waals surface area (Å²) in [6.45, 7) is 3.53. The molecule has 0 aromatic heterocycles. The van der Waals surface area contributed by atoms with Crippen molar-refractivity contribution in [3.05, 3.63) is 58.4 Å². The van der Waals surface area contributed by atoms with E-state index in [4.69, 9.17) is 9.47 Å². The predicted octanol–water partition coefficient (Wildman–Crippen LogP) is 3.04. The number of hydrogen-bond donors (Lipinski definition) is 0. The molecule has 1 unspecified atom stereocenters. The minimum Gasteiger partial charge on any atom is -0.458 e. The predicted molar refractivity (Wildman–Crippen MR) is 83.4 cm³/mol. The number of carbonyl (C=O) groups is 2. The van der Waals surface area contributed by atoms with E-state index in [9.17, 15) is 9.59 Å². The Kier molecular flexibility index (Phi) is 3.15. The van der Waals surface area contributed by atoms with Gasteiger partial charge in [-0.1, -0.05) is 24.3 Å². The highest BCUT2D eigenvalue weighted by molar-refractivity contribution is 5.99. The summed E-state index contributed by atoms with van der Waals surface area (Å²) < 4.78 is 10.8. The number of hydrogen-bond acceptors (Lipinski definition) is 4. The minimum absolute atomic E-state index is 0.136. The molecule has 2 aliphatic carbocycles. The van der Waals surface area contributed by atoms with Gasteiger partial charge in [-0.2, -0.15) is 0 Å². The van der Waals surface area contributed by atoms with Crippen LogP contribution < -0.4 is 0 Å². The minimum atomic E-state index is -0.703. The molecule has 0 radical (unpaired) electrons. The zero-order valence-electron chi connectivity index (χ0n) is 13.2. The van der Waals surface area contributed by atoms with Crippen LogP contribution in [0.15, 0.2) is 47.2 Å². The van der Waals surface area contributed by atoms with E-state index < -0.39 is 6.29 Å². The van der Waals surface area contributed by atoms with Crippen molar-refractivity contribution in [2.75, 3.05) is 0 Å². The van der Waals surface area contributed by atoms with Crippen molar-refractivity contribution < 1.29 is 19.1 Å². The van der Waals surface area contributed by atoms with Crippen LogP contribution >= 0.6 is 0 Å². The first-order valence-corrected chi connectivity index (χ1v) is 7.91. The lowest BCUT2D eigenvalue weighted by Crippen LogP contribution is -2.14. The lowest BCUT2D eigenvalue weighted by Gasteiger charge is -2.13. The van der Waals surface area contributed by atoms with Crippen LogP contribution in [0.2, 0.25) is 0 Å². The lowest BCUT2D eigenvalue weighted by molar-refractivity contribution is -0.153. The fraction of sp³-hybridized carbons (Fsp3) is 0.368. The summed E-state index contributed by atoms with van der Waals surface area (Å²) in [5.41, 5.74) is 4.68. The molecule has 0 bridgehead atoms. The number of Topliss-reactive ketones (excluding diaryl/α,β-unsaturated/α-hetero) is 1. The number of esters is 1. The van der Waals surface area contributed by atoms with Gasteiger partial charge in [-0.25, -0.2) is 4.79 Å². The highest BCUT2D eigenvalue weighted by atomic mass is 16.7. The number of cyclic esters (lactones) is 1. The van der Waals surface area contributed by atoms with Gasteiger partial charge in [0, 0.05) is 29.1 Å². The third kappa shape index (κ3) is 2.12. The Morgan fingerprint density at radius 1 is 1.13 bits per heavy atom. The summed E-state index contributed by atoms with van der Waals surface area (Å²) in [6, 6.07) is 8.31. The number of allylic oxidation sites excluding steroid dienone is 1. The second-order valence-corrected chi connectivity index (χ2v) is 6.50. The fourth-order valence-electron chi connectivity index (χ4n) is 3.81. The van der Waals surface area contributed by atoms with Crippen LogP contribution in [-0.2, 0) is 25.5 Å². The molecule has 1 aromatic carbocycles. The van der Waals surface area contributed by atoms with Crippen LogP contribution in [0.1, 0.15) is 37.3 Å². The van der Waals surface area contributed by atoms with Crippen molar-refractivity contribution in [3.8, 4) is 0 Å². The molecule has 4 rings (SSSR count). The van der Waals surface area contributed by atoms with Crippen molar-refractivity contribution in [2.45, 2.75) is 38.9 Å². The van der Waals surface area contributed by atoms with E-state index >= 15 is 0 Å². The van der Waals surface area contributed by atoms with E-state index in [-0.39, 0.29) is 23.6 Å². The largest absolute Gasteiger partial charge is 0.458 e. The summed E-state index contributed by atoms with van der Waals surface area (Å²) in [7, 11) is 0. The maximum Gasteiger partial charge on any atom is 0.337 e. The summed E-state index contributed by atoms with van der Waals surface area (Å²) >= 11 is 0. The average Bonchev–Trinajstić information content (AvgIpc) is 3.12. The standard InChI is InChI=1S/C19H18O4/c1-10-11(2)19(23-18(10)21)22-9-16-14-7-12-5-3-4-6-13(12)15(14)8-17(16)20/h3-6,9,14-15,19H,7-8H2,1-2H3/b16-9+/t14?,15-,19-/m1/s1. The van der Waals surface area contributed by atoms with Gasteiger partial charge < -0.3 is 9.47 Å². The zero-order valence-corrected chi connectivity index (χ0v) is 13.2. The Balaban J connectivity index is 1.57. The SMILES string of the molecule is CC1=C(C)[C@H](O/C=C2/C(=O)C[C@@H]3c4ccccc4CC23)OC1=O. The lowest BCUT2D eigenvalue weighted by atomic mass is 9.95. The Hall–Kier alpha value is -2.36. The van der Waals surface area contributed by atoms with Gasteiger partial charge in [-0.3, -0.25) is 4.79 Å². The second-order valence-electron chi connectivity index (χ2n) is 6.50. The van der Waals surface area contributed by atoms with Crippen LogP contribution in [0, 0.1) is 5.92 Å². The number of ether oxygens (including phenoxy) is 2. The normalized spacial score (nSPS) is 30.7. The smallest absolute Gasteiger partial charge is 0.337 e. The van der Waals surface area contributed by atoms with Crippen molar-refractivity contribution in [2.24, 2.45) is 5.92 Å². The third-order valence-corrected chi connectivity index (χ3v) is 5.29. The van der Waals surface area contributed by atoms with Gasteiger partial charge in [0.15, 0.2) is 5.78 Å². The Morgan fingerprint density at radius 3 is 2.65 bits per heavy atom. The van der Waals surface area contributed by atoms with Crippen molar-refractivity contribution in [1.82, 2.24) is 0 Å². The van der Waals surface area contributed by atoms with Crippen molar-refractivity contribution >= 4 is 11.8 Å². The van der Waals surface area contributed by atoms with E-state index in [1.807, 2.05) is 19.1 Å². The molecule has 3 aliphatic rings. The first-order valence-electron chi connectivity index (χ1n) is 7.91. The maximum atomic E-state index is 12.3. The molecule has 3 atom stereocenters. The summed E-state index contributed by atoms with van der Waals surface area (Å²) in [5.74, 6) is 0.229. The number of carbonyl (C=O) groups excluding carboxylic acids is 2. The van der Waals surface area contributed by atoms with Crippen LogP contribution in [0.3, 0.4) is 0 Å². The molecule has 0 saturated heterocycles. The molecule has 0 N–H and O–H groups in total. The molecule has 1 aromatic rings. The molecule has 0 amide bonds. The molecule has 4 nitrogen and oxygen atoms in total. The molecule has 4 heteroatoms. The van der Waals surface area contributed by atoms with E-state index in [2.05, 4.69) is 12.1 Å². The molecule has 1 saturated carbocycles. The van der Waals surface area contributed by atoms with Crippen molar-refractivity contribution in [1.29, 1.82) is 0 Å². The summed E-state index contributed by atoms with van der Waals surface area (Å²) in [6.07, 6.45) is 2.24. The summed E-state index contributed by atoms with van der Waals surface area (Å²) in [5, 5.41) is 0. The van der Waals surface area contributed by atoms with Crippen LogP contribution in [0.5, 0.6) is 0 Å². The first-order chi connectivity index (χ1) is 11.1. The Morgan fingerprint density at radius 2 is 1.91 bits per heavy atom. The Labute approximate surface area is 134 Å². The van der Waals surface area contributed by atoms with Gasteiger partial charge in [0.05, 0.1) is 6.26 Å². The second kappa shape index (κ2) is 5.08. The van der Waals surface area contributed by atoms with E-state index in [1.165, 1.54) is 17.4 Å². The number of benzene rings is 1.